The van der Waals surface area contributed by atoms with Gasteiger partial charge < -0.3 is 9.84 Å². The van der Waals surface area contributed by atoms with E-state index in [4.69, 9.17) is 9.84 Å². The van der Waals surface area contributed by atoms with E-state index in [1.807, 2.05) is 26.8 Å². The summed E-state index contributed by atoms with van der Waals surface area (Å²) in [6.07, 6.45) is -0.496. The second-order valence-corrected chi connectivity index (χ2v) is 6.19. The lowest BCUT2D eigenvalue weighted by molar-refractivity contribution is 0.0636. The second kappa shape index (κ2) is 5.14. The van der Waals surface area contributed by atoms with Crippen molar-refractivity contribution in [2.45, 2.75) is 33.0 Å². The normalized spacial score (nSPS) is 11.6. The van der Waals surface area contributed by atoms with Gasteiger partial charge in [-0.1, -0.05) is 0 Å². The van der Waals surface area contributed by atoms with Gasteiger partial charge in [-0.15, -0.1) is 11.3 Å². The van der Waals surface area contributed by atoms with Gasteiger partial charge in [0.25, 0.3) is 0 Å². The van der Waals surface area contributed by atoms with Crippen molar-refractivity contribution in [2.75, 3.05) is 5.32 Å². The zero-order chi connectivity index (χ0) is 14.0. The van der Waals surface area contributed by atoms with Crippen LogP contribution in [0.1, 0.15) is 25.8 Å². The summed E-state index contributed by atoms with van der Waals surface area (Å²) in [5.41, 5.74) is 0.845. The van der Waals surface area contributed by atoms with Crippen LogP contribution in [0.25, 0.3) is 10.2 Å². The van der Waals surface area contributed by atoms with E-state index in [1.165, 1.54) is 11.3 Å². The molecule has 0 unspecified atom stereocenters. The number of ether oxygens (including phenoxy) is 1. The molecule has 1 aromatic carbocycles. The van der Waals surface area contributed by atoms with Gasteiger partial charge in [-0.2, -0.15) is 0 Å². The molecular formula is C13H16N2O3S. The van der Waals surface area contributed by atoms with Crippen molar-refractivity contribution in [2.24, 2.45) is 0 Å². The molecular weight excluding hydrogens is 264 g/mol. The minimum absolute atomic E-state index is 0.0752. The topological polar surface area (TPSA) is 71.5 Å². The van der Waals surface area contributed by atoms with Crippen LogP contribution in [0.5, 0.6) is 0 Å². The smallest absolute Gasteiger partial charge is 0.412 e. The molecule has 0 saturated carbocycles. The zero-order valence-corrected chi connectivity index (χ0v) is 11.9. The molecule has 1 aromatic heterocycles. The molecule has 0 spiro atoms. The number of carbonyl (C=O) groups excluding carboxylic acids is 1. The number of hydrogen-bond donors (Lipinski definition) is 2. The standard InChI is InChI=1S/C13H16N2O3S/c1-13(2,3)18-12(17)14-8-4-5-10-9(6-8)15-11(7-16)19-10/h4-6,16H,7H2,1-3H3,(H,14,17). The largest absolute Gasteiger partial charge is 0.444 e. The van der Waals surface area contributed by atoms with Gasteiger partial charge in [0.2, 0.25) is 0 Å². The first-order valence-electron chi connectivity index (χ1n) is 5.88. The third kappa shape index (κ3) is 3.65. The van der Waals surface area contributed by atoms with Crippen molar-refractivity contribution in [3.8, 4) is 0 Å². The van der Waals surface area contributed by atoms with E-state index in [2.05, 4.69) is 10.3 Å². The third-order valence-electron chi connectivity index (χ3n) is 2.21. The molecule has 1 heterocycles. The molecule has 0 atom stereocenters. The number of carbonyl (C=O) groups is 1. The van der Waals surface area contributed by atoms with Crippen LogP contribution in [0.3, 0.4) is 0 Å². The number of rotatable bonds is 2. The van der Waals surface area contributed by atoms with E-state index < -0.39 is 11.7 Å². The highest BCUT2D eigenvalue weighted by atomic mass is 32.1. The van der Waals surface area contributed by atoms with Crippen LogP contribution in [-0.2, 0) is 11.3 Å². The van der Waals surface area contributed by atoms with Gasteiger partial charge in [0.05, 0.1) is 16.8 Å². The summed E-state index contributed by atoms with van der Waals surface area (Å²) >= 11 is 1.43. The van der Waals surface area contributed by atoms with E-state index in [0.717, 1.165) is 10.2 Å². The van der Waals surface area contributed by atoms with E-state index in [0.29, 0.717) is 10.7 Å². The molecule has 0 aliphatic rings. The number of hydrogen-bond acceptors (Lipinski definition) is 5. The number of benzene rings is 1. The van der Waals surface area contributed by atoms with E-state index in [1.54, 1.807) is 12.1 Å². The molecule has 0 bridgehead atoms. The van der Waals surface area contributed by atoms with Crippen LogP contribution in [0.4, 0.5) is 10.5 Å². The summed E-state index contributed by atoms with van der Waals surface area (Å²) in [6, 6.07) is 5.40. The first kappa shape index (κ1) is 13.8. The Hall–Kier alpha value is -1.66. The van der Waals surface area contributed by atoms with Gasteiger partial charge in [-0.05, 0) is 39.0 Å². The van der Waals surface area contributed by atoms with E-state index >= 15 is 0 Å². The first-order chi connectivity index (χ1) is 8.87. The Morgan fingerprint density at radius 3 is 2.84 bits per heavy atom. The Bertz CT molecular complexity index is 601. The van der Waals surface area contributed by atoms with Crippen LogP contribution in [0.2, 0.25) is 0 Å². The van der Waals surface area contributed by atoms with Crippen molar-refractivity contribution in [3.05, 3.63) is 23.2 Å². The van der Waals surface area contributed by atoms with Crippen molar-refractivity contribution < 1.29 is 14.6 Å². The fourth-order valence-corrected chi connectivity index (χ4v) is 2.35. The summed E-state index contributed by atoms with van der Waals surface area (Å²) in [5.74, 6) is 0. The van der Waals surface area contributed by atoms with Crippen molar-refractivity contribution in [1.29, 1.82) is 0 Å². The summed E-state index contributed by atoms with van der Waals surface area (Å²) in [7, 11) is 0. The number of aliphatic hydroxyl groups excluding tert-OH is 1. The van der Waals surface area contributed by atoms with Crippen LogP contribution < -0.4 is 5.32 Å². The predicted octanol–water partition coefficient (Wildman–Crippen LogP) is 3.14. The van der Waals surface area contributed by atoms with Gasteiger partial charge >= 0.3 is 6.09 Å². The number of thiazole rings is 1. The fraction of sp³-hybridized carbons (Fsp3) is 0.385. The minimum atomic E-state index is -0.529. The zero-order valence-electron chi connectivity index (χ0n) is 11.1. The lowest BCUT2D eigenvalue weighted by Crippen LogP contribution is -2.27. The Morgan fingerprint density at radius 2 is 2.21 bits per heavy atom. The summed E-state index contributed by atoms with van der Waals surface area (Å²) in [6.45, 7) is 5.35. The number of aliphatic hydroxyl groups is 1. The average molecular weight is 280 g/mol. The maximum atomic E-state index is 11.6. The molecule has 2 rings (SSSR count). The highest BCUT2D eigenvalue weighted by Crippen LogP contribution is 2.25. The molecule has 1 amide bonds. The van der Waals surface area contributed by atoms with Gasteiger partial charge in [-0.3, -0.25) is 5.32 Å². The SMILES string of the molecule is CC(C)(C)OC(=O)Nc1ccc2sc(CO)nc2c1. The highest BCUT2D eigenvalue weighted by Gasteiger charge is 2.16. The summed E-state index contributed by atoms with van der Waals surface area (Å²) in [4.78, 5) is 15.9. The number of anilines is 1. The van der Waals surface area contributed by atoms with Crippen LogP contribution in [0.15, 0.2) is 18.2 Å². The Morgan fingerprint density at radius 1 is 1.47 bits per heavy atom. The molecule has 0 aliphatic heterocycles. The third-order valence-corrected chi connectivity index (χ3v) is 3.23. The van der Waals surface area contributed by atoms with Gasteiger partial charge in [0, 0.05) is 5.69 Å². The maximum Gasteiger partial charge on any atom is 0.412 e. The molecule has 19 heavy (non-hydrogen) atoms. The number of fused-ring (bicyclic) bond motifs is 1. The van der Waals surface area contributed by atoms with Crippen LogP contribution in [0, 0.1) is 0 Å². The molecule has 2 N–H and O–H groups in total. The number of amides is 1. The summed E-state index contributed by atoms with van der Waals surface area (Å²) in [5, 5.41) is 12.4. The number of nitrogens with zero attached hydrogens (tertiary/aromatic N) is 1. The average Bonchev–Trinajstić information content (AvgIpc) is 2.68. The minimum Gasteiger partial charge on any atom is -0.444 e. The lowest BCUT2D eigenvalue weighted by atomic mass is 10.2. The quantitative estimate of drug-likeness (QED) is 0.886. The van der Waals surface area contributed by atoms with E-state index in [9.17, 15) is 4.79 Å². The second-order valence-electron chi connectivity index (χ2n) is 5.08. The fourth-order valence-electron chi connectivity index (χ4n) is 1.54. The number of nitrogens with one attached hydrogen (secondary N) is 1. The molecule has 6 heteroatoms. The Labute approximate surface area is 115 Å². The van der Waals surface area contributed by atoms with Crippen molar-refractivity contribution in [3.63, 3.8) is 0 Å². The van der Waals surface area contributed by atoms with Crippen molar-refractivity contribution in [1.82, 2.24) is 4.98 Å². The molecule has 0 saturated heterocycles. The molecule has 0 aliphatic carbocycles. The van der Waals surface area contributed by atoms with Crippen LogP contribution >= 0.6 is 11.3 Å². The van der Waals surface area contributed by atoms with Gasteiger partial charge in [-0.25, -0.2) is 9.78 Å². The summed E-state index contributed by atoms with van der Waals surface area (Å²) < 4.78 is 6.14. The molecule has 0 fully saturated rings. The molecule has 2 aromatic rings. The van der Waals surface area contributed by atoms with Crippen LogP contribution in [-0.4, -0.2) is 21.8 Å². The van der Waals surface area contributed by atoms with Gasteiger partial charge in [0.1, 0.15) is 10.6 Å². The van der Waals surface area contributed by atoms with Gasteiger partial charge in [0.15, 0.2) is 0 Å². The molecule has 102 valence electrons. The number of aromatic nitrogens is 1. The maximum absolute atomic E-state index is 11.6. The van der Waals surface area contributed by atoms with Crippen molar-refractivity contribution >= 4 is 33.3 Å². The predicted molar refractivity (Wildman–Crippen MR) is 75.4 cm³/mol. The monoisotopic (exact) mass is 280 g/mol. The Kier molecular flexibility index (Phi) is 3.73. The molecule has 0 radical (unpaired) electrons. The highest BCUT2D eigenvalue weighted by molar-refractivity contribution is 7.18. The lowest BCUT2D eigenvalue weighted by Gasteiger charge is -2.19. The first-order valence-corrected chi connectivity index (χ1v) is 6.69. The molecule has 5 nitrogen and oxygen atoms in total. The Balaban J connectivity index is 2.15. The van der Waals surface area contributed by atoms with E-state index in [-0.39, 0.29) is 6.61 Å².